The van der Waals surface area contributed by atoms with Gasteiger partial charge in [0, 0.05) is 11.3 Å². The third kappa shape index (κ3) is 4.39. The molecule has 8 nitrogen and oxygen atoms in total. The van der Waals surface area contributed by atoms with Gasteiger partial charge in [-0.15, -0.1) is 5.10 Å². The maximum atomic E-state index is 12.3. The van der Waals surface area contributed by atoms with E-state index < -0.39 is 13.3 Å². The molecule has 1 heterocycles. The molecule has 0 saturated heterocycles. The molecule has 0 aliphatic rings. The number of benzene rings is 3. The minimum absolute atomic E-state index is 0.415. The van der Waals surface area contributed by atoms with Crippen LogP contribution in [0.15, 0.2) is 79.0 Å². The lowest BCUT2D eigenvalue weighted by molar-refractivity contribution is 0.364. The maximum absolute atomic E-state index is 12.3. The van der Waals surface area contributed by atoms with E-state index in [4.69, 9.17) is 11.0 Å². The summed E-state index contributed by atoms with van der Waals surface area (Å²) in [6.45, 7) is 0. The number of nitrogens with zero attached hydrogens (tertiary/aromatic N) is 4. The summed E-state index contributed by atoms with van der Waals surface area (Å²) in [4.78, 5) is 20.1. The highest BCUT2D eigenvalue weighted by Crippen LogP contribution is 2.55. The second kappa shape index (κ2) is 8.17. The van der Waals surface area contributed by atoms with Crippen LogP contribution < -0.4 is 5.73 Å². The second-order valence-electron chi connectivity index (χ2n) is 6.99. The van der Waals surface area contributed by atoms with Gasteiger partial charge in [0.25, 0.3) is 0 Å². The fourth-order valence-corrected chi connectivity index (χ4v) is 4.49. The SMILES string of the molecule is N#Cc1ccc(C(c2cccc(-n3cc(-c4cccc(N)c4)nn3)c2)P(=O)(O)O)cc1. The molecule has 0 fully saturated rings. The number of anilines is 1. The molecule has 0 radical (unpaired) electrons. The van der Waals surface area contributed by atoms with E-state index in [9.17, 15) is 14.4 Å². The van der Waals surface area contributed by atoms with Crippen LogP contribution in [0.25, 0.3) is 16.9 Å². The molecule has 1 atom stereocenters. The molecular weight excluding hydrogens is 413 g/mol. The van der Waals surface area contributed by atoms with Crippen molar-refractivity contribution < 1.29 is 14.4 Å². The third-order valence-corrected chi connectivity index (χ3v) is 6.09. The summed E-state index contributed by atoms with van der Waals surface area (Å²) in [6.07, 6.45) is 1.72. The number of nitrogen functional groups attached to an aromatic ring is 1. The quantitative estimate of drug-likeness (QED) is 0.324. The molecule has 31 heavy (non-hydrogen) atoms. The number of nitriles is 1. The zero-order valence-electron chi connectivity index (χ0n) is 16.2. The summed E-state index contributed by atoms with van der Waals surface area (Å²) in [7, 11) is -4.54. The molecule has 0 aliphatic heterocycles. The lowest BCUT2D eigenvalue weighted by Gasteiger charge is -2.20. The number of nitrogens with two attached hydrogens (primary N) is 1. The van der Waals surface area contributed by atoms with Gasteiger partial charge in [0.2, 0.25) is 0 Å². The number of aromatic nitrogens is 3. The van der Waals surface area contributed by atoms with Gasteiger partial charge in [-0.3, -0.25) is 4.57 Å². The van der Waals surface area contributed by atoms with Gasteiger partial charge in [0.05, 0.1) is 23.5 Å². The van der Waals surface area contributed by atoms with E-state index in [-0.39, 0.29) is 0 Å². The molecule has 4 rings (SSSR count). The lowest BCUT2D eigenvalue weighted by atomic mass is 10.0. The van der Waals surface area contributed by atoms with Gasteiger partial charge < -0.3 is 15.5 Å². The monoisotopic (exact) mass is 431 g/mol. The fourth-order valence-electron chi connectivity index (χ4n) is 3.38. The van der Waals surface area contributed by atoms with E-state index in [0.29, 0.717) is 33.8 Å². The highest BCUT2D eigenvalue weighted by molar-refractivity contribution is 7.52. The van der Waals surface area contributed by atoms with Crippen LogP contribution >= 0.6 is 7.60 Å². The summed E-state index contributed by atoms with van der Waals surface area (Å²) in [5, 5.41) is 17.3. The van der Waals surface area contributed by atoms with Crippen molar-refractivity contribution in [1.29, 1.82) is 5.26 Å². The Bertz CT molecular complexity index is 1320. The molecule has 0 saturated carbocycles. The van der Waals surface area contributed by atoms with E-state index in [1.54, 1.807) is 54.7 Å². The van der Waals surface area contributed by atoms with Crippen LogP contribution in [0.2, 0.25) is 0 Å². The Morgan fingerprint density at radius 3 is 2.42 bits per heavy atom. The standard InChI is InChI=1S/C22H18N5O3P/c23-13-15-7-9-16(10-8-15)22(31(28,29)30)18-4-2-6-20(12-18)27-14-21(25-26-27)17-3-1-5-19(24)11-17/h1-12,14,22H,24H2,(H2,28,29,30). The van der Waals surface area contributed by atoms with Crippen LogP contribution in [0.4, 0.5) is 5.69 Å². The molecule has 0 aliphatic carbocycles. The van der Waals surface area contributed by atoms with Crippen molar-refractivity contribution in [3.05, 3.63) is 95.7 Å². The Labute approximate surface area is 178 Å². The van der Waals surface area contributed by atoms with Gasteiger partial charge in [0.15, 0.2) is 0 Å². The van der Waals surface area contributed by atoms with Crippen LogP contribution in [0.5, 0.6) is 0 Å². The zero-order valence-corrected chi connectivity index (χ0v) is 17.1. The Kier molecular flexibility index (Phi) is 5.40. The molecule has 1 aromatic heterocycles. The molecule has 9 heteroatoms. The van der Waals surface area contributed by atoms with E-state index in [1.165, 1.54) is 16.8 Å². The average Bonchev–Trinajstić information content (AvgIpc) is 3.24. The normalized spacial score (nSPS) is 12.3. The average molecular weight is 431 g/mol. The molecule has 4 aromatic rings. The first kappa shape index (κ1) is 20.5. The van der Waals surface area contributed by atoms with Crippen LogP contribution in [0, 0.1) is 11.3 Å². The van der Waals surface area contributed by atoms with Crippen molar-refractivity contribution in [2.45, 2.75) is 5.66 Å². The minimum Gasteiger partial charge on any atom is -0.399 e. The van der Waals surface area contributed by atoms with Gasteiger partial charge in [0.1, 0.15) is 11.4 Å². The van der Waals surface area contributed by atoms with Crippen molar-refractivity contribution in [3.63, 3.8) is 0 Å². The van der Waals surface area contributed by atoms with E-state index in [0.717, 1.165) is 5.56 Å². The molecule has 4 N–H and O–H groups in total. The van der Waals surface area contributed by atoms with Crippen molar-refractivity contribution in [1.82, 2.24) is 15.0 Å². The van der Waals surface area contributed by atoms with Crippen LogP contribution in [0.1, 0.15) is 22.3 Å². The van der Waals surface area contributed by atoms with E-state index in [2.05, 4.69) is 10.3 Å². The summed E-state index contributed by atoms with van der Waals surface area (Å²) < 4.78 is 13.9. The first-order valence-corrected chi connectivity index (χ1v) is 11.0. The van der Waals surface area contributed by atoms with Gasteiger partial charge in [-0.25, -0.2) is 4.68 Å². The highest BCUT2D eigenvalue weighted by Gasteiger charge is 2.32. The highest BCUT2D eigenvalue weighted by atomic mass is 31.2. The molecule has 0 amide bonds. The predicted molar refractivity (Wildman–Crippen MR) is 116 cm³/mol. The Hall–Kier alpha value is -3.76. The zero-order chi connectivity index (χ0) is 22.0. The molecule has 154 valence electrons. The van der Waals surface area contributed by atoms with Crippen molar-refractivity contribution in [3.8, 4) is 23.0 Å². The molecular formula is C22H18N5O3P. The smallest absolute Gasteiger partial charge is 0.337 e. The number of hydrogen-bond acceptors (Lipinski definition) is 5. The summed E-state index contributed by atoms with van der Waals surface area (Å²) in [6, 6.07) is 22.3. The largest absolute Gasteiger partial charge is 0.399 e. The third-order valence-electron chi connectivity index (χ3n) is 4.82. The molecule has 3 aromatic carbocycles. The van der Waals surface area contributed by atoms with Gasteiger partial charge >= 0.3 is 7.60 Å². The van der Waals surface area contributed by atoms with Crippen LogP contribution in [-0.2, 0) is 4.57 Å². The van der Waals surface area contributed by atoms with E-state index >= 15 is 0 Å². The van der Waals surface area contributed by atoms with Crippen LogP contribution in [0.3, 0.4) is 0 Å². The Balaban J connectivity index is 1.73. The predicted octanol–water partition coefficient (Wildman–Crippen LogP) is 3.66. The number of rotatable bonds is 5. The van der Waals surface area contributed by atoms with E-state index in [1.807, 2.05) is 18.2 Å². The minimum atomic E-state index is -4.54. The van der Waals surface area contributed by atoms with Crippen LogP contribution in [-0.4, -0.2) is 24.8 Å². The second-order valence-corrected chi connectivity index (χ2v) is 8.69. The first-order chi connectivity index (χ1) is 14.8. The summed E-state index contributed by atoms with van der Waals surface area (Å²) in [5.74, 6) is 0. The summed E-state index contributed by atoms with van der Waals surface area (Å²) in [5.41, 5.74) is 8.58. The summed E-state index contributed by atoms with van der Waals surface area (Å²) >= 11 is 0. The van der Waals surface area contributed by atoms with Crippen molar-refractivity contribution in [2.75, 3.05) is 5.73 Å². The first-order valence-electron chi connectivity index (χ1n) is 9.29. The van der Waals surface area contributed by atoms with Crippen molar-refractivity contribution >= 4 is 13.3 Å². The topological polar surface area (TPSA) is 138 Å². The maximum Gasteiger partial charge on any atom is 0.337 e. The van der Waals surface area contributed by atoms with Crippen molar-refractivity contribution in [2.24, 2.45) is 0 Å². The molecule has 1 unspecified atom stereocenters. The Morgan fingerprint density at radius 1 is 1.00 bits per heavy atom. The van der Waals surface area contributed by atoms with Gasteiger partial charge in [-0.05, 0) is 47.5 Å². The Morgan fingerprint density at radius 2 is 1.74 bits per heavy atom. The van der Waals surface area contributed by atoms with Gasteiger partial charge in [-0.2, -0.15) is 5.26 Å². The molecule has 0 spiro atoms. The molecule has 0 bridgehead atoms. The van der Waals surface area contributed by atoms with Gasteiger partial charge in [-0.1, -0.05) is 41.6 Å². The lowest BCUT2D eigenvalue weighted by Crippen LogP contribution is -2.04. The fraction of sp³-hybridized carbons (Fsp3) is 0.0455. The number of hydrogen-bond donors (Lipinski definition) is 3.